The molecule has 0 saturated heterocycles. The third-order valence-corrected chi connectivity index (χ3v) is 6.06. The molecular formula is C12H14ClN3O2S2. The highest BCUT2D eigenvalue weighted by Gasteiger charge is 2.24. The maximum atomic E-state index is 12.5. The summed E-state index contributed by atoms with van der Waals surface area (Å²) in [6.45, 7) is 2.10. The van der Waals surface area contributed by atoms with Crippen molar-refractivity contribution in [2.24, 2.45) is 0 Å². The highest BCUT2D eigenvalue weighted by Crippen LogP contribution is 2.27. The van der Waals surface area contributed by atoms with Gasteiger partial charge in [-0.3, -0.25) is 0 Å². The normalized spacial score (nSPS) is 12.0. The fourth-order valence-electron chi connectivity index (χ4n) is 1.65. The summed E-state index contributed by atoms with van der Waals surface area (Å²) in [6.07, 6.45) is 0. The van der Waals surface area contributed by atoms with E-state index in [1.165, 1.54) is 34.8 Å². The molecule has 0 saturated carbocycles. The Hall–Kier alpha value is -1.15. The number of thiazole rings is 1. The lowest BCUT2D eigenvalue weighted by atomic mass is 10.3. The average Bonchev–Trinajstić information content (AvgIpc) is 2.78. The predicted octanol–water partition coefficient (Wildman–Crippen LogP) is 2.51. The highest BCUT2D eigenvalue weighted by molar-refractivity contribution is 7.89. The molecule has 0 bridgehead atoms. The minimum Gasteiger partial charge on any atom is -0.399 e. The standard InChI is InChI=1S/C12H14ClN3O2S2/c1-8-11(19-7-15-8)6-16(2)20(17,18)12-5-9(14)3-4-10(12)13/h3-5,7H,6,14H2,1-2H3. The van der Waals surface area contributed by atoms with Crippen LogP contribution in [0.5, 0.6) is 0 Å². The molecule has 20 heavy (non-hydrogen) atoms. The summed E-state index contributed by atoms with van der Waals surface area (Å²) in [5, 5.41) is 0.159. The molecule has 0 aliphatic carbocycles. The largest absolute Gasteiger partial charge is 0.399 e. The number of nitrogens with two attached hydrogens (primary N) is 1. The van der Waals surface area contributed by atoms with Gasteiger partial charge < -0.3 is 5.73 Å². The molecule has 1 heterocycles. The number of nitrogen functional groups attached to an aromatic ring is 1. The second-order valence-corrected chi connectivity index (χ2v) is 7.67. The van der Waals surface area contributed by atoms with E-state index in [1.54, 1.807) is 11.6 Å². The second kappa shape index (κ2) is 5.69. The first kappa shape index (κ1) is 15.2. The van der Waals surface area contributed by atoms with Crippen LogP contribution in [-0.4, -0.2) is 24.8 Å². The van der Waals surface area contributed by atoms with Crippen LogP contribution in [0.15, 0.2) is 28.6 Å². The molecule has 0 spiro atoms. The first-order valence-electron chi connectivity index (χ1n) is 5.72. The Labute approximate surface area is 127 Å². The highest BCUT2D eigenvalue weighted by atomic mass is 35.5. The van der Waals surface area contributed by atoms with Gasteiger partial charge >= 0.3 is 0 Å². The van der Waals surface area contributed by atoms with Crippen molar-refractivity contribution in [3.8, 4) is 0 Å². The van der Waals surface area contributed by atoms with Crippen LogP contribution in [0.4, 0.5) is 5.69 Å². The van der Waals surface area contributed by atoms with E-state index < -0.39 is 10.0 Å². The zero-order chi connectivity index (χ0) is 14.9. The van der Waals surface area contributed by atoms with Crippen LogP contribution in [0, 0.1) is 6.92 Å². The number of sulfonamides is 1. The minimum atomic E-state index is -3.68. The molecule has 0 radical (unpaired) electrons. The van der Waals surface area contributed by atoms with Crippen LogP contribution in [0.3, 0.4) is 0 Å². The molecule has 5 nitrogen and oxygen atoms in total. The fourth-order valence-corrected chi connectivity index (χ4v) is 4.21. The van der Waals surface area contributed by atoms with Crippen LogP contribution >= 0.6 is 22.9 Å². The summed E-state index contributed by atoms with van der Waals surface area (Å²) < 4.78 is 26.3. The van der Waals surface area contributed by atoms with Crippen LogP contribution in [0.25, 0.3) is 0 Å². The van der Waals surface area contributed by atoms with Crippen LogP contribution in [-0.2, 0) is 16.6 Å². The summed E-state index contributed by atoms with van der Waals surface area (Å²) in [7, 11) is -2.18. The minimum absolute atomic E-state index is 0.0174. The van der Waals surface area contributed by atoms with Crippen molar-refractivity contribution in [1.29, 1.82) is 0 Å². The molecule has 0 amide bonds. The summed E-state index contributed by atoms with van der Waals surface area (Å²) in [4.78, 5) is 5.02. The zero-order valence-electron chi connectivity index (χ0n) is 11.0. The van der Waals surface area contributed by atoms with E-state index in [4.69, 9.17) is 17.3 Å². The number of halogens is 1. The van der Waals surface area contributed by atoms with Gasteiger partial charge in [0.1, 0.15) is 4.90 Å². The molecule has 1 aromatic carbocycles. The number of aromatic nitrogens is 1. The quantitative estimate of drug-likeness (QED) is 0.873. The van der Waals surface area contributed by atoms with Crippen molar-refractivity contribution in [2.75, 3.05) is 12.8 Å². The molecular weight excluding hydrogens is 318 g/mol. The Morgan fingerprint density at radius 2 is 2.15 bits per heavy atom. The Bertz CT molecular complexity index is 728. The van der Waals surface area contributed by atoms with Crippen molar-refractivity contribution < 1.29 is 8.42 Å². The van der Waals surface area contributed by atoms with Gasteiger partial charge in [0, 0.05) is 24.2 Å². The SMILES string of the molecule is Cc1ncsc1CN(C)S(=O)(=O)c1cc(N)ccc1Cl. The third kappa shape index (κ3) is 2.95. The van der Waals surface area contributed by atoms with Gasteiger partial charge in [0.25, 0.3) is 0 Å². The van der Waals surface area contributed by atoms with Crippen molar-refractivity contribution in [3.63, 3.8) is 0 Å². The maximum Gasteiger partial charge on any atom is 0.244 e. The molecule has 0 aliphatic heterocycles. The average molecular weight is 332 g/mol. The van der Waals surface area contributed by atoms with Gasteiger partial charge in [0.15, 0.2) is 0 Å². The number of benzene rings is 1. The van der Waals surface area contributed by atoms with E-state index in [2.05, 4.69) is 4.98 Å². The molecule has 1 aromatic heterocycles. The zero-order valence-corrected chi connectivity index (χ0v) is 13.4. The number of hydrogen-bond acceptors (Lipinski definition) is 5. The van der Waals surface area contributed by atoms with Gasteiger partial charge in [-0.2, -0.15) is 4.31 Å². The smallest absolute Gasteiger partial charge is 0.244 e. The van der Waals surface area contributed by atoms with Gasteiger partial charge in [0.2, 0.25) is 10.0 Å². The van der Waals surface area contributed by atoms with E-state index in [0.29, 0.717) is 5.69 Å². The molecule has 0 aliphatic rings. The molecule has 0 atom stereocenters. The van der Waals surface area contributed by atoms with Crippen LogP contribution in [0.2, 0.25) is 5.02 Å². The summed E-state index contributed by atoms with van der Waals surface area (Å²) in [6, 6.07) is 4.41. The monoisotopic (exact) mass is 331 g/mol. The Morgan fingerprint density at radius 1 is 1.45 bits per heavy atom. The van der Waals surface area contributed by atoms with E-state index in [-0.39, 0.29) is 16.5 Å². The van der Waals surface area contributed by atoms with Gasteiger partial charge in [-0.1, -0.05) is 11.6 Å². The van der Waals surface area contributed by atoms with E-state index in [0.717, 1.165) is 10.6 Å². The number of rotatable bonds is 4. The van der Waals surface area contributed by atoms with Gasteiger partial charge in [-0.05, 0) is 25.1 Å². The molecule has 0 fully saturated rings. The van der Waals surface area contributed by atoms with Gasteiger partial charge in [0.05, 0.1) is 16.2 Å². The Balaban J connectivity index is 2.35. The summed E-state index contributed by atoms with van der Waals surface area (Å²) >= 11 is 7.39. The second-order valence-electron chi connectivity index (χ2n) is 4.31. The topological polar surface area (TPSA) is 76.3 Å². The van der Waals surface area contributed by atoms with Crippen molar-refractivity contribution in [3.05, 3.63) is 39.3 Å². The van der Waals surface area contributed by atoms with Crippen molar-refractivity contribution >= 4 is 38.6 Å². The first-order valence-corrected chi connectivity index (χ1v) is 8.42. The molecule has 108 valence electrons. The van der Waals surface area contributed by atoms with Gasteiger partial charge in [-0.15, -0.1) is 11.3 Å². The molecule has 2 N–H and O–H groups in total. The lowest BCUT2D eigenvalue weighted by Crippen LogP contribution is -2.26. The van der Waals surface area contributed by atoms with E-state index in [9.17, 15) is 8.42 Å². The number of anilines is 1. The van der Waals surface area contributed by atoms with Gasteiger partial charge in [-0.25, -0.2) is 13.4 Å². The maximum absolute atomic E-state index is 12.5. The van der Waals surface area contributed by atoms with E-state index >= 15 is 0 Å². The van der Waals surface area contributed by atoms with Crippen molar-refractivity contribution in [1.82, 2.24) is 9.29 Å². The summed E-state index contributed by atoms with van der Waals surface area (Å²) in [5.41, 5.74) is 8.51. The number of nitrogens with zero attached hydrogens (tertiary/aromatic N) is 2. The lowest BCUT2D eigenvalue weighted by Gasteiger charge is -2.17. The first-order chi connectivity index (χ1) is 9.32. The predicted molar refractivity (Wildman–Crippen MR) is 81.4 cm³/mol. The lowest BCUT2D eigenvalue weighted by molar-refractivity contribution is 0.469. The van der Waals surface area contributed by atoms with Crippen LogP contribution in [0.1, 0.15) is 10.6 Å². The molecule has 8 heteroatoms. The Morgan fingerprint density at radius 3 is 2.75 bits per heavy atom. The third-order valence-electron chi connectivity index (χ3n) is 2.85. The number of aryl methyl sites for hydroxylation is 1. The molecule has 0 unspecified atom stereocenters. The fraction of sp³-hybridized carbons (Fsp3) is 0.250. The van der Waals surface area contributed by atoms with Crippen LogP contribution < -0.4 is 5.73 Å². The summed E-state index contributed by atoms with van der Waals surface area (Å²) in [5.74, 6) is 0. The van der Waals surface area contributed by atoms with E-state index in [1.807, 2.05) is 6.92 Å². The molecule has 2 aromatic rings. The Kier molecular flexibility index (Phi) is 4.33. The van der Waals surface area contributed by atoms with Crippen molar-refractivity contribution in [2.45, 2.75) is 18.4 Å². The number of hydrogen-bond donors (Lipinski definition) is 1. The molecule has 2 rings (SSSR count).